The molecule has 2 bridgehead atoms. The molecule has 0 saturated carbocycles. The van der Waals surface area contributed by atoms with E-state index in [2.05, 4.69) is 27.0 Å². The van der Waals surface area contributed by atoms with E-state index in [1.54, 1.807) is 6.08 Å². The lowest BCUT2D eigenvalue weighted by Crippen LogP contribution is -2.43. The van der Waals surface area contributed by atoms with Crippen molar-refractivity contribution in [2.75, 3.05) is 0 Å². The summed E-state index contributed by atoms with van der Waals surface area (Å²) >= 11 is 0. The second-order valence-electron chi connectivity index (χ2n) is 8.52. The molecule has 2 saturated heterocycles. The molecule has 0 aromatic carbocycles. The van der Waals surface area contributed by atoms with Gasteiger partial charge in [-0.2, -0.15) is 0 Å². The van der Waals surface area contributed by atoms with Gasteiger partial charge in [0.1, 0.15) is 0 Å². The van der Waals surface area contributed by atoms with Crippen molar-refractivity contribution in [3.8, 4) is 0 Å². The first-order valence-corrected chi connectivity index (χ1v) is 8.91. The molecule has 0 spiro atoms. The van der Waals surface area contributed by atoms with Crippen molar-refractivity contribution in [2.45, 2.75) is 89.6 Å². The zero-order chi connectivity index (χ0) is 17.5. The van der Waals surface area contributed by atoms with Crippen LogP contribution < -0.4 is 0 Å². The third-order valence-electron chi connectivity index (χ3n) is 6.49. The van der Waals surface area contributed by atoms with Crippen molar-refractivity contribution in [1.29, 1.82) is 0 Å². The van der Waals surface area contributed by atoms with Gasteiger partial charge in [0.05, 0.1) is 23.4 Å². The molecule has 0 radical (unpaired) electrons. The molecule has 2 heterocycles. The number of ether oxygens (including phenoxy) is 1. The Labute approximate surface area is 141 Å². The largest absolute Gasteiger partial charge is 0.389 e. The minimum Gasteiger partial charge on any atom is -0.389 e. The SMILES string of the molecule is C=C[C@@](C)(O)CCC1C2(C)CCC(O2)C1(C)CC[C@H](O)C(=C)C. The van der Waals surface area contributed by atoms with E-state index in [0.29, 0.717) is 12.3 Å². The van der Waals surface area contributed by atoms with Gasteiger partial charge in [0, 0.05) is 0 Å². The van der Waals surface area contributed by atoms with Crippen LogP contribution >= 0.6 is 0 Å². The Bertz CT molecular complexity index is 470. The fourth-order valence-corrected chi connectivity index (χ4v) is 4.71. The van der Waals surface area contributed by atoms with Crippen molar-refractivity contribution in [3.63, 3.8) is 0 Å². The molecule has 3 nitrogen and oxygen atoms in total. The molecule has 132 valence electrons. The Balaban J connectivity index is 2.12. The van der Waals surface area contributed by atoms with Crippen molar-refractivity contribution in [1.82, 2.24) is 0 Å². The predicted octanol–water partition coefficient (Wildman–Crippen LogP) is 3.99. The molecule has 3 heteroatoms. The highest BCUT2D eigenvalue weighted by molar-refractivity contribution is 5.11. The van der Waals surface area contributed by atoms with Gasteiger partial charge in [-0.25, -0.2) is 0 Å². The zero-order valence-corrected chi connectivity index (χ0v) is 15.3. The Hall–Kier alpha value is -0.640. The van der Waals surface area contributed by atoms with Gasteiger partial charge < -0.3 is 14.9 Å². The van der Waals surface area contributed by atoms with Gasteiger partial charge >= 0.3 is 0 Å². The number of aliphatic hydroxyl groups excluding tert-OH is 1. The van der Waals surface area contributed by atoms with Gasteiger partial charge in [0.2, 0.25) is 0 Å². The Morgan fingerprint density at radius 3 is 2.70 bits per heavy atom. The molecular weight excluding hydrogens is 288 g/mol. The quantitative estimate of drug-likeness (QED) is 0.664. The summed E-state index contributed by atoms with van der Waals surface area (Å²) in [6.07, 6.45) is 6.95. The molecule has 23 heavy (non-hydrogen) atoms. The summed E-state index contributed by atoms with van der Waals surface area (Å²) < 4.78 is 6.37. The van der Waals surface area contributed by atoms with Gasteiger partial charge in [-0.15, -0.1) is 6.58 Å². The van der Waals surface area contributed by atoms with E-state index in [1.807, 2.05) is 13.8 Å². The van der Waals surface area contributed by atoms with Gasteiger partial charge in [-0.05, 0) is 70.6 Å². The van der Waals surface area contributed by atoms with E-state index in [1.165, 1.54) is 0 Å². The summed E-state index contributed by atoms with van der Waals surface area (Å²) in [5.41, 5.74) is -0.0306. The van der Waals surface area contributed by atoms with E-state index >= 15 is 0 Å². The molecule has 0 aromatic rings. The van der Waals surface area contributed by atoms with Crippen molar-refractivity contribution >= 4 is 0 Å². The highest BCUT2D eigenvalue weighted by Gasteiger charge is 2.62. The number of rotatable bonds is 8. The zero-order valence-electron chi connectivity index (χ0n) is 15.3. The Kier molecular flexibility index (Phi) is 5.16. The molecule has 2 N–H and O–H groups in total. The van der Waals surface area contributed by atoms with Gasteiger partial charge in [0.15, 0.2) is 0 Å². The van der Waals surface area contributed by atoms with Crippen LogP contribution in [-0.4, -0.2) is 33.6 Å². The fraction of sp³-hybridized carbons (Fsp3) is 0.800. The van der Waals surface area contributed by atoms with Crippen LogP contribution in [0.2, 0.25) is 0 Å². The monoisotopic (exact) mass is 322 g/mol. The molecule has 0 amide bonds. The van der Waals surface area contributed by atoms with Crippen LogP contribution in [0.5, 0.6) is 0 Å². The molecular formula is C20H34O3. The summed E-state index contributed by atoms with van der Waals surface area (Å²) in [5.74, 6) is 0.400. The second kappa shape index (κ2) is 6.34. The average molecular weight is 322 g/mol. The van der Waals surface area contributed by atoms with Crippen LogP contribution in [0.25, 0.3) is 0 Å². The Morgan fingerprint density at radius 1 is 1.48 bits per heavy atom. The van der Waals surface area contributed by atoms with E-state index in [0.717, 1.165) is 37.7 Å². The van der Waals surface area contributed by atoms with Gasteiger partial charge in [0.25, 0.3) is 0 Å². The summed E-state index contributed by atoms with van der Waals surface area (Å²) in [4.78, 5) is 0. The van der Waals surface area contributed by atoms with Crippen LogP contribution in [0, 0.1) is 11.3 Å². The topological polar surface area (TPSA) is 49.7 Å². The highest BCUT2D eigenvalue weighted by Crippen LogP contribution is 2.61. The maximum Gasteiger partial charge on any atom is 0.0797 e. The van der Waals surface area contributed by atoms with Gasteiger partial charge in [-0.3, -0.25) is 0 Å². The average Bonchev–Trinajstić information content (AvgIpc) is 2.96. The van der Waals surface area contributed by atoms with Crippen molar-refractivity contribution in [2.24, 2.45) is 11.3 Å². The van der Waals surface area contributed by atoms with Crippen LogP contribution in [0.1, 0.15) is 66.2 Å². The summed E-state index contributed by atoms with van der Waals surface area (Å²) in [6.45, 7) is 15.8. The summed E-state index contributed by atoms with van der Waals surface area (Å²) in [5, 5.41) is 20.4. The maximum atomic E-state index is 10.3. The minimum absolute atomic E-state index is 0.0562. The first-order chi connectivity index (χ1) is 10.5. The van der Waals surface area contributed by atoms with E-state index in [-0.39, 0.29) is 17.1 Å². The number of hydrogen-bond donors (Lipinski definition) is 2. The molecule has 2 fully saturated rings. The lowest BCUT2D eigenvalue weighted by atomic mass is 9.59. The molecule has 0 aromatic heterocycles. The molecule has 2 aliphatic heterocycles. The molecule has 0 aliphatic carbocycles. The smallest absolute Gasteiger partial charge is 0.0797 e. The van der Waals surface area contributed by atoms with Crippen LogP contribution in [0.3, 0.4) is 0 Å². The third-order valence-corrected chi connectivity index (χ3v) is 6.49. The normalized spacial score (nSPS) is 39.9. The standard InChI is InChI=1S/C20H34O3/c1-7-18(4,22)11-9-16-19(5,12-8-15(21)14(2)3)17-10-13-20(16,6)23-17/h7,15-17,21-22H,1-2,8-13H2,3-6H3/t15-,16?,17?,18+,19?,20?/m0/s1. The number of fused-ring (bicyclic) bond motifs is 2. The lowest BCUT2D eigenvalue weighted by molar-refractivity contribution is -0.000276. The number of hydrogen-bond acceptors (Lipinski definition) is 3. The van der Waals surface area contributed by atoms with E-state index in [9.17, 15) is 10.2 Å². The van der Waals surface area contributed by atoms with E-state index in [4.69, 9.17) is 4.74 Å². The second-order valence-corrected chi connectivity index (χ2v) is 8.52. The van der Waals surface area contributed by atoms with E-state index < -0.39 is 11.7 Å². The molecule has 2 aliphatic rings. The first-order valence-electron chi connectivity index (χ1n) is 8.91. The summed E-state index contributed by atoms with van der Waals surface area (Å²) in [7, 11) is 0. The fourth-order valence-electron chi connectivity index (χ4n) is 4.71. The van der Waals surface area contributed by atoms with Gasteiger partial charge in [-0.1, -0.05) is 25.2 Å². The molecule has 2 rings (SSSR count). The third kappa shape index (κ3) is 3.57. The Morgan fingerprint density at radius 2 is 2.13 bits per heavy atom. The minimum atomic E-state index is -0.823. The predicted molar refractivity (Wildman–Crippen MR) is 94.2 cm³/mol. The van der Waals surface area contributed by atoms with Crippen molar-refractivity contribution in [3.05, 3.63) is 24.8 Å². The maximum absolute atomic E-state index is 10.3. The first kappa shape index (κ1) is 18.7. The van der Waals surface area contributed by atoms with Crippen LogP contribution in [0.4, 0.5) is 0 Å². The molecule has 4 unspecified atom stereocenters. The lowest BCUT2D eigenvalue weighted by Gasteiger charge is -2.43. The van der Waals surface area contributed by atoms with Crippen LogP contribution in [0.15, 0.2) is 24.8 Å². The highest BCUT2D eigenvalue weighted by atomic mass is 16.5. The van der Waals surface area contributed by atoms with Crippen molar-refractivity contribution < 1.29 is 14.9 Å². The molecule has 6 atom stereocenters. The van der Waals surface area contributed by atoms with Crippen LogP contribution in [-0.2, 0) is 4.74 Å². The summed E-state index contributed by atoms with van der Waals surface area (Å²) in [6, 6.07) is 0. The number of aliphatic hydroxyl groups is 2.